The molecule has 0 radical (unpaired) electrons. The van der Waals surface area contributed by atoms with Crippen molar-refractivity contribution < 1.29 is 23.4 Å². The standard InChI is InChI=1S/C25H22ClF2N3O4/c1-14-8-21(35-12-15-4-5-16(27)9-18(15)28)23(26)24(33)31(14)17-6-7-20-19(10-17)29-13-30(20)22(32)11-25(2,3)34/h4-10,13,34H,11-12H2,1-3H3. The van der Waals surface area contributed by atoms with Crippen molar-refractivity contribution in [3.63, 3.8) is 0 Å². The first-order valence-corrected chi connectivity index (χ1v) is 11.0. The van der Waals surface area contributed by atoms with Gasteiger partial charge in [-0.05, 0) is 51.1 Å². The van der Waals surface area contributed by atoms with Gasteiger partial charge in [0.25, 0.3) is 5.56 Å². The molecule has 0 aliphatic rings. The molecule has 182 valence electrons. The molecule has 0 aliphatic carbocycles. The molecule has 0 atom stereocenters. The Kier molecular flexibility index (Phi) is 6.48. The Morgan fingerprint density at radius 2 is 1.91 bits per heavy atom. The van der Waals surface area contributed by atoms with Gasteiger partial charge in [0.2, 0.25) is 5.91 Å². The van der Waals surface area contributed by atoms with Crippen molar-refractivity contribution in [2.45, 2.75) is 39.4 Å². The maximum atomic E-state index is 13.9. The first-order chi connectivity index (χ1) is 16.4. The second-order valence-electron chi connectivity index (χ2n) is 8.80. The number of hydrogen-bond donors (Lipinski definition) is 1. The quantitative estimate of drug-likeness (QED) is 0.410. The Morgan fingerprint density at radius 1 is 1.17 bits per heavy atom. The molecule has 35 heavy (non-hydrogen) atoms. The van der Waals surface area contributed by atoms with Gasteiger partial charge < -0.3 is 9.84 Å². The van der Waals surface area contributed by atoms with E-state index in [0.29, 0.717) is 22.4 Å². The Morgan fingerprint density at radius 3 is 2.60 bits per heavy atom. The fraction of sp³-hybridized carbons (Fsp3) is 0.240. The third kappa shape index (κ3) is 5.11. The van der Waals surface area contributed by atoms with Gasteiger partial charge in [0, 0.05) is 23.4 Å². The summed E-state index contributed by atoms with van der Waals surface area (Å²) in [5.41, 5.74) is 0.357. The minimum absolute atomic E-state index is 0.0664. The van der Waals surface area contributed by atoms with Crippen molar-refractivity contribution >= 4 is 28.5 Å². The van der Waals surface area contributed by atoms with Gasteiger partial charge in [-0.1, -0.05) is 11.6 Å². The fourth-order valence-corrected chi connectivity index (χ4v) is 3.89. The second kappa shape index (κ2) is 9.24. The zero-order valence-electron chi connectivity index (χ0n) is 19.2. The number of carbonyl (C=O) groups excluding carboxylic acids is 1. The Bertz CT molecular complexity index is 1510. The minimum atomic E-state index is -1.17. The molecular weight excluding hydrogens is 480 g/mol. The van der Waals surface area contributed by atoms with Crippen LogP contribution in [0, 0.1) is 18.6 Å². The molecule has 0 spiro atoms. The average Bonchev–Trinajstić information content (AvgIpc) is 3.19. The molecule has 2 heterocycles. The van der Waals surface area contributed by atoms with E-state index in [1.54, 1.807) is 45.0 Å². The highest BCUT2D eigenvalue weighted by Crippen LogP contribution is 2.26. The van der Waals surface area contributed by atoms with Crippen LogP contribution in [0.3, 0.4) is 0 Å². The summed E-state index contributed by atoms with van der Waals surface area (Å²) in [6, 6.07) is 9.61. The van der Waals surface area contributed by atoms with E-state index in [4.69, 9.17) is 16.3 Å². The van der Waals surface area contributed by atoms with Gasteiger partial charge in [0.15, 0.2) is 0 Å². The van der Waals surface area contributed by atoms with E-state index >= 15 is 0 Å². The number of aliphatic hydroxyl groups is 1. The predicted octanol–water partition coefficient (Wildman–Crippen LogP) is 4.81. The number of ether oxygens (including phenoxy) is 1. The number of pyridine rings is 1. The molecule has 0 saturated carbocycles. The van der Waals surface area contributed by atoms with Gasteiger partial charge in [-0.15, -0.1) is 0 Å². The number of fused-ring (bicyclic) bond motifs is 1. The van der Waals surface area contributed by atoms with Gasteiger partial charge in [-0.3, -0.25) is 18.7 Å². The minimum Gasteiger partial charge on any atom is -0.487 e. The van der Waals surface area contributed by atoms with Gasteiger partial charge in [0.05, 0.1) is 28.7 Å². The number of imidazole rings is 1. The number of benzene rings is 2. The molecule has 4 rings (SSSR count). The third-order valence-corrected chi connectivity index (χ3v) is 5.69. The molecule has 0 bridgehead atoms. The lowest BCUT2D eigenvalue weighted by Gasteiger charge is -2.16. The summed E-state index contributed by atoms with van der Waals surface area (Å²) in [5, 5.41) is 9.74. The molecule has 0 saturated heterocycles. The number of rotatable bonds is 6. The largest absolute Gasteiger partial charge is 0.487 e. The third-order valence-electron chi connectivity index (χ3n) is 5.34. The summed E-state index contributed by atoms with van der Waals surface area (Å²) < 4.78 is 35.3. The van der Waals surface area contributed by atoms with E-state index in [-0.39, 0.29) is 35.3 Å². The molecule has 1 N–H and O–H groups in total. The topological polar surface area (TPSA) is 86.4 Å². The number of aromatic nitrogens is 3. The molecule has 4 aromatic rings. The van der Waals surface area contributed by atoms with E-state index in [0.717, 1.165) is 12.1 Å². The summed E-state index contributed by atoms with van der Waals surface area (Å²) in [4.78, 5) is 29.8. The lowest BCUT2D eigenvalue weighted by Crippen LogP contribution is -2.26. The van der Waals surface area contributed by atoms with Crippen LogP contribution in [0.15, 0.2) is 53.6 Å². The van der Waals surface area contributed by atoms with Crippen LogP contribution >= 0.6 is 11.6 Å². The Hall–Kier alpha value is -3.56. The van der Waals surface area contributed by atoms with E-state index in [1.807, 2.05) is 0 Å². The second-order valence-corrected chi connectivity index (χ2v) is 9.18. The van der Waals surface area contributed by atoms with Crippen molar-refractivity contribution in [2.75, 3.05) is 0 Å². The van der Waals surface area contributed by atoms with Crippen molar-refractivity contribution in [1.82, 2.24) is 14.1 Å². The molecule has 2 aromatic heterocycles. The van der Waals surface area contributed by atoms with Gasteiger partial charge in [-0.25, -0.2) is 13.8 Å². The van der Waals surface area contributed by atoms with Crippen LogP contribution in [-0.2, 0) is 6.61 Å². The van der Waals surface area contributed by atoms with Crippen LogP contribution in [0.25, 0.3) is 16.7 Å². The molecule has 2 aromatic carbocycles. The lowest BCUT2D eigenvalue weighted by atomic mass is 10.1. The van der Waals surface area contributed by atoms with E-state index in [9.17, 15) is 23.5 Å². The van der Waals surface area contributed by atoms with Crippen molar-refractivity contribution in [1.29, 1.82) is 0 Å². The molecule has 10 heteroatoms. The summed E-state index contributed by atoms with van der Waals surface area (Å²) in [5.74, 6) is -1.72. The molecule has 0 aliphatic heterocycles. The van der Waals surface area contributed by atoms with E-state index in [2.05, 4.69) is 4.98 Å². The first kappa shape index (κ1) is 24.6. The van der Waals surface area contributed by atoms with Gasteiger partial charge in [-0.2, -0.15) is 0 Å². The van der Waals surface area contributed by atoms with Crippen LogP contribution in [0.5, 0.6) is 5.75 Å². The van der Waals surface area contributed by atoms with Crippen LogP contribution < -0.4 is 10.3 Å². The number of halogens is 3. The van der Waals surface area contributed by atoms with Crippen LogP contribution in [0.1, 0.15) is 36.3 Å². The summed E-state index contributed by atoms with van der Waals surface area (Å²) in [6.45, 7) is 4.53. The van der Waals surface area contributed by atoms with Crippen LogP contribution in [0.2, 0.25) is 5.02 Å². The SMILES string of the molecule is Cc1cc(OCc2ccc(F)cc2F)c(Cl)c(=O)n1-c1ccc2c(c1)ncn2C(=O)CC(C)(C)O. The zero-order chi connectivity index (χ0) is 25.5. The first-order valence-electron chi connectivity index (χ1n) is 10.7. The summed E-state index contributed by atoms with van der Waals surface area (Å²) >= 11 is 6.28. The monoisotopic (exact) mass is 501 g/mol. The fourth-order valence-electron chi connectivity index (χ4n) is 3.70. The summed E-state index contributed by atoms with van der Waals surface area (Å²) in [7, 11) is 0. The number of aryl methyl sites for hydroxylation is 1. The maximum Gasteiger partial charge on any atom is 0.277 e. The van der Waals surface area contributed by atoms with E-state index in [1.165, 1.54) is 21.5 Å². The average molecular weight is 502 g/mol. The number of nitrogens with zero attached hydrogens (tertiary/aromatic N) is 3. The van der Waals surface area contributed by atoms with Crippen LogP contribution in [-0.4, -0.2) is 30.7 Å². The normalized spacial score (nSPS) is 11.7. The zero-order valence-corrected chi connectivity index (χ0v) is 19.9. The smallest absolute Gasteiger partial charge is 0.277 e. The number of carbonyl (C=O) groups is 1. The molecule has 0 fully saturated rings. The van der Waals surface area contributed by atoms with Crippen LogP contribution in [0.4, 0.5) is 8.78 Å². The van der Waals surface area contributed by atoms with Crippen molar-refractivity contribution in [3.05, 3.63) is 87.1 Å². The lowest BCUT2D eigenvalue weighted by molar-refractivity contribution is 0.0533. The highest BCUT2D eigenvalue weighted by Gasteiger charge is 2.21. The Labute approximate surface area is 204 Å². The number of hydrogen-bond acceptors (Lipinski definition) is 5. The van der Waals surface area contributed by atoms with Gasteiger partial charge >= 0.3 is 0 Å². The Balaban J connectivity index is 1.65. The highest BCUT2D eigenvalue weighted by atomic mass is 35.5. The molecule has 7 nitrogen and oxygen atoms in total. The van der Waals surface area contributed by atoms with Gasteiger partial charge in [0.1, 0.15) is 35.3 Å². The molecule has 0 amide bonds. The summed E-state index contributed by atoms with van der Waals surface area (Å²) in [6.07, 6.45) is 1.29. The van der Waals surface area contributed by atoms with Crippen molar-refractivity contribution in [2.24, 2.45) is 0 Å². The molecule has 0 unspecified atom stereocenters. The van der Waals surface area contributed by atoms with E-state index < -0.39 is 22.8 Å². The molecular formula is C25H22ClF2N3O4. The highest BCUT2D eigenvalue weighted by molar-refractivity contribution is 6.31. The van der Waals surface area contributed by atoms with Crippen molar-refractivity contribution in [3.8, 4) is 11.4 Å². The predicted molar refractivity (Wildman–Crippen MR) is 127 cm³/mol. The maximum absolute atomic E-state index is 13.9.